The van der Waals surface area contributed by atoms with E-state index in [0.717, 1.165) is 0 Å². The minimum atomic E-state index is -0.358. The van der Waals surface area contributed by atoms with E-state index in [1.165, 1.54) is 35.1 Å². The number of hydrogen-bond donors (Lipinski definition) is 0. The van der Waals surface area contributed by atoms with Crippen LogP contribution in [-0.4, -0.2) is 15.6 Å². The smallest absolute Gasteiger partial charge is 0.231 e. The van der Waals surface area contributed by atoms with Gasteiger partial charge in [0.05, 0.1) is 11.8 Å². The first kappa shape index (κ1) is 10.7. The van der Waals surface area contributed by atoms with E-state index in [-0.39, 0.29) is 17.4 Å². The van der Waals surface area contributed by atoms with Crippen LogP contribution in [0.2, 0.25) is 0 Å². The van der Waals surface area contributed by atoms with E-state index in [4.69, 9.17) is 4.42 Å². The molecule has 0 atom stereocenters. The maximum absolute atomic E-state index is 13.0. The first-order valence-electron chi connectivity index (χ1n) is 5.36. The van der Waals surface area contributed by atoms with Crippen LogP contribution in [-0.2, 0) is 7.05 Å². The van der Waals surface area contributed by atoms with Gasteiger partial charge in [-0.3, -0.25) is 9.48 Å². The molecule has 0 fully saturated rings. The summed E-state index contributed by atoms with van der Waals surface area (Å²) in [5, 5.41) is 4.50. The van der Waals surface area contributed by atoms with E-state index in [0.29, 0.717) is 16.5 Å². The minimum absolute atomic E-state index is 0.184. The monoisotopic (exact) mass is 244 g/mol. The first-order valence-corrected chi connectivity index (χ1v) is 5.36. The van der Waals surface area contributed by atoms with Gasteiger partial charge >= 0.3 is 0 Å². The second kappa shape index (κ2) is 3.80. The van der Waals surface area contributed by atoms with Crippen molar-refractivity contribution in [1.82, 2.24) is 9.78 Å². The molecule has 0 aliphatic rings. The number of fused-ring (bicyclic) bond motifs is 1. The third kappa shape index (κ3) is 1.69. The van der Waals surface area contributed by atoms with Crippen LogP contribution < -0.4 is 0 Å². The molecule has 1 aromatic carbocycles. The second-order valence-corrected chi connectivity index (χ2v) is 4.02. The van der Waals surface area contributed by atoms with Gasteiger partial charge in [0.2, 0.25) is 5.78 Å². The van der Waals surface area contributed by atoms with Gasteiger partial charge in [0.15, 0.2) is 5.76 Å². The van der Waals surface area contributed by atoms with Crippen molar-refractivity contribution < 1.29 is 13.6 Å². The number of ketones is 1. The number of hydrogen-bond acceptors (Lipinski definition) is 3. The lowest BCUT2D eigenvalue weighted by Gasteiger charge is -1.90. The van der Waals surface area contributed by atoms with Gasteiger partial charge in [0, 0.05) is 18.6 Å². The molecular formula is C13H9FN2O2. The Kier molecular flexibility index (Phi) is 2.26. The van der Waals surface area contributed by atoms with E-state index < -0.39 is 0 Å². The Morgan fingerprint density at radius 2 is 2.22 bits per heavy atom. The number of aromatic nitrogens is 2. The number of furan rings is 1. The van der Waals surface area contributed by atoms with Crippen molar-refractivity contribution in [1.29, 1.82) is 0 Å². The first-order chi connectivity index (χ1) is 8.63. The average Bonchev–Trinajstić information content (AvgIpc) is 2.93. The molecule has 0 radical (unpaired) electrons. The van der Waals surface area contributed by atoms with E-state index >= 15 is 0 Å². The third-order valence-electron chi connectivity index (χ3n) is 2.67. The molecule has 90 valence electrons. The lowest BCUT2D eigenvalue weighted by molar-refractivity contribution is 0.101. The average molecular weight is 244 g/mol. The fraction of sp³-hybridized carbons (Fsp3) is 0.0769. The molecule has 0 amide bonds. The van der Waals surface area contributed by atoms with Crippen molar-refractivity contribution >= 4 is 16.8 Å². The van der Waals surface area contributed by atoms with E-state index in [1.54, 1.807) is 13.2 Å². The van der Waals surface area contributed by atoms with Crippen LogP contribution in [0.3, 0.4) is 0 Å². The summed E-state index contributed by atoms with van der Waals surface area (Å²) in [4.78, 5) is 12.1. The summed E-state index contributed by atoms with van der Waals surface area (Å²) in [6.45, 7) is 0. The number of nitrogens with zero attached hydrogens (tertiary/aromatic N) is 2. The fourth-order valence-corrected chi connectivity index (χ4v) is 1.81. The van der Waals surface area contributed by atoms with E-state index in [1.807, 2.05) is 0 Å². The maximum Gasteiger partial charge on any atom is 0.231 e. The topological polar surface area (TPSA) is 48.0 Å². The molecule has 0 spiro atoms. The number of aryl methyl sites for hydroxylation is 1. The highest BCUT2D eigenvalue weighted by Gasteiger charge is 2.16. The molecule has 0 N–H and O–H groups in total. The lowest BCUT2D eigenvalue weighted by Crippen LogP contribution is -1.97. The highest BCUT2D eigenvalue weighted by molar-refractivity contribution is 6.08. The van der Waals surface area contributed by atoms with Gasteiger partial charge in [0.25, 0.3) is 0 Å². The largest absolute Gasteiger partial charge is 0.453 e. The van der Waals surface area contributed by atoms with E-state index in [9.17, 15) is 9.18 Å². The minimum Gasteiger partial charge on any atom is -0.453 e. The molecule has 2 aromatic heterocycles. The molecule has 0 saturated carbocycles. The molecule has 2 heterocycles. The lowest BCUT2D eigenvalue weighted by atomic mass is 10.2. The van der Waals surface area contributed by atoms with Gasteiger partial charge in [-0.05, 0) is 24.3 Å². The summed E-state index contributed by atoms with van der Waals surface area (Å²) in [7, 11) is 1.73. The molecule has 18 heavy (non-hydrogen) atoms. The second-order valence-electron chi connectivity index (χ2n) is 4.02. The van der Waals surface area contributed by atoms with Crippen LogP contribution in [0.15, 0.2) is 41.1 Å². The zero-order valence-corrected chi connectivity index (χ0v) is 9.55. The Morgan fingerprint density at radius 3 is 2.94 bits per heavy atom. The Bertz CT molecular complexity index is 742. The Morgan fingerprint density at radius 1 is 1.39 bits per heavy atom. The fourth-order valence-electron chi connectivity index (χ4n) is 1.81. The molecule has 0 aliphatic carbocycles. The van der Waals surface area contributed by atoms with Gasteiger partial charge in [-0.1, -0.05) is 0 Å². The quantitative estimate of drug-likeness (QED) is 0.651. The SMILES string of the molecule is Cn1cc(C(=O)c2cc3cc(F)ccc3o2)cn1. The summed E-state index contributed by atoms with van der Waals surface area (Å²) in [5.41, 5.74) is 0.931. The summed E-state index contributed by atoms with van der Waals surface area (Å²) >= 11 is 0. The van der Waals surface area contributed by atoms with Crippen LogP contribution in [0.25, 0.3) is 11.0 Å². The summed E-state index contributed by atoms with van der Waals surface area (Å²) in [5.74, 6) is -0.438. The molecular weight excluding hydrogens is 235 g/mol. The number of benzene rings is 1. The summed E-state index contributed by atoms with van der Waals surface area (Å²) in [6, 6.07) is 5.67. The normalized spacial score (nSPS) is 11.0. The zero-order valence-electron chi connectivity index (χ0n) is 9.55. The highest BCUT2D eigenvalue weighted by atomic mass is 19.1. The third-order valence-corrected chi connectivity index (χ3v) is 2.67. The summed E-state index contributed by atoms with van der Waals surface area (Å²) < 4.78 is 20.0. The van der Waals surface area contributed by atoms with Crippen molar-refractivity contribution in [3.05, 3.63) is 53.8 Å². The molecule has 4 nitrogen and oxygen atoms in total. The zero-order chi connectivity index (χ0) is 12.7. The van der Waals surface area contributed by atoms with Crippen LogP contribution in [0.4, 0.5) is 4.39 Å². The Labute approximate surface area is 102 Å². The Balaban J connectivity index is 2.06. The predicted octanol–water partition coefficient (Wildman–Crippen LogP) is 2.54. The van der Waals surface area contributed by atoms with Crippen LogP contribution in [0, 0.1) is 5.82 Å². The maximum atomic E-state index is 13.0. The van der Waals surface area contributed by atoms with Crippen LogP contribution in [0.1, 0.15) is 16.1 Å². The number of halogens is 1. The van der Waals surface area contributed by atoms with Crippen LogP contribution >= 0.6 is 0 Å². The van der Waals surface area contributed by atoms with Crippen molar-refractivity contribution in [2.24, 2.45) is 7.05 Å². The molecule has 0 saturated heterocycles. The van der Waals surface area contributed by atoms with Crippen molar-refractivity contribution in [3.8, 4) is 0 Å². The van der Waals surface area contributed by atoms with Gasteiger partial charge in [0.1, 0.15) is 11.4 Å². The summed E-state index contributed by atoms with van der Waals surface area (Å²) in [6.07, 6.45) is 3.08. The molecule has 0 aliphatic heterocycles. The van der Waals surface area contributed by atoms with Gasteiger partial charge in [-0.25, -0.2) is 4.39 Å². The standard InChI is InChI=1S/C13H9FN2O2/c1-16-7-9(6-15-16)13(17)12-5-8-4-10(14)2-3-11(8)18-12/h2-7H,1H3. The van der Waals surface area contributed by atoms with Crippen molar-refractivity contribution in [2.75, 3.05) is 0 Å². The number of carbonyl (C=O) groups excluding carboxylic acids is 1. The molecule has 3 aromatic rings. The van der Waals surface area contributed by atoms with Crippen molar-refractivity contribution in [3.63, 3.8) is 0 Å². The number of rotatable bonds is 2. The number of carbonyl (C=O) groups is 1. The Hall–Kier alpha value is -2.43. The molecule has 0 bridgehead atoms. The van der Waals surface area contributed by atoms with E-state index in [2.05, 4.69) is 5.10 Å². The van der Waals surface area contributed by atoms with Gasteiger partial charge < -0.3 is 4.42 Å². The van der Waals surface area contributed by atoms with Gasteiger partial charge in [-0.15, -0.1) is 0 Å². The van der Waals surface area contributed by atoms with Gasteiger partial charge in [-0.2, -0.15) is 5.10 Å². The van der Waals surface area contributed by atoms with Crippen LogP contribution in [0.5, 0.6) is 0 Å². The highest BCUT2D eigenvalue weighted by Crippen LogP contribution is 2.22. The predicted molar refractivity (Wildman–Crippen MR) is 62.8 cm³/mol. The molecule has 5 heteroatoms. The molecule has 0 unspecified atom stereocenters. The molecule has 3 rings (SSSR count). The van der Waals surface area contributed by atoms with Crippen molar-refractivity contribution in [2.45, 2.75) is 0 Å².